The smallest absolute Gasteiger partial charge is 0.0998 e. The van der Waals surface area contributed by atoms with Crippen molar-refractivity contribution in [3.63, 3.8) is 0 Å². The minimum atomic E-state index is 0.609. The van der Waals surface area contributed by atoms with Gasteiger partial charge in [0.05, 0.1) is 23.3 Å². The van der Waals surface area contributed by atoms with E-state index in [0.29, 0.717) is 11.1 Å². The van der Waals surface area contributed by atoms with Gasteiger partial charge in [-0.05, 0) is 88.5 Å². The third-order valence-corrected chi connectivity index (χ3v) is 10.3. The van der Waals surface area contributed by atoms with E-state index in [2.05, 4.69) is 103 Å². The van der Waals surface area contributed by atoms with Crippen molar-refractivity contribution >= 4 is 63.0 Å². The third kappa shape index (κ3) is 3.90. The van der Waals surface area contributed by atoms with Crippen LogP contribution >= 0.6 is 22.7 Å². The van der Waals surface area contributed by atoms with Gasteiger partial charge >= 0.3 is 0 Å². The number of hydrogen-bond donors (Lipinski definition) is 0. The summed E-state index contributed by atoms with van der Waals surface area (Å²) in [5, 5.41) is 24.9. The zero-order valence-electron chi connectivity index (χ0n) is 22.3. The SMILES string of the molecule is N#Cc1ccc(-c2cc(-c3ccc4sc5ccccc5c4c3)cc(C#N)c2-c2ccc3sc4ccccc4c3c2)cc1. The molecule has 6 aromatic carbocycles. The number of fused-ring (bicyclic) bond motifs is 6. The first-order valence-electron chi connectivity index (χ1n) is 13.6. The Bertz CT molecular complexity index is 2430. The van der Waals surface area contributed by atoms with Crippen LogP contribution in [-0.2, 0) is 0 Å². The monoisotopic (exact) mass is 568 g/mol. The van der Waals surface area contributed by atoms with E-state index in [1.54, 1.807) is 22.7 Å². The van der Waals surface area contributed by atoms with E-state index in [-0.39, 0.29) is 0 Å². The summed E-state index contributed by atoms with van der Waals surface area (Å²) in [6, 6.07) is 46.7. The first-order chi connectivity index (χ1) is 20.7. The molecule has 2 nitrogen and oxygen atoms in total. The Morgan fingerprint density at radius 2 is 0.976 bits per heavy atom. The van der Waals surface area contributed by atoms with Crippen molar-refractivity contribution < 1.29 is 0 Å². The Labute approximate surface area is 250 Å². The highest BCUT2D eigenvalue weighted by atomic mass is 32.1. The molecule has 0 spiro atoms. The fourth-order valence-corrected chi connectivity index (χ4v) is 8.12. The molecule has 0 fully saturated rings. The molecule has 0 amide bonds. The van der Waals surface area contributed by atoms with Crippen molar-refractivity contribution in [2.75, 3.05) is 0 Å². The Kier molecular flexibility index (Phi) is 5.66. The molecule has 0 saturated heterocycles. The Morgan fingerprint density at radius 1 is 0.429 bits per heavy atom. The highest BCUT2D eigenvalue weighted by Crippen LogP contribution is 2.43. The maximum absolute atomic E-state index is 10.5. The van der Waals surface area contributed by atoms with E-state index in [9.17, 15) is 10.5 Å². The average molecular weight is 569 g/mol. The predicted octanol–water partition coefficient (Wildman–Crippen LogP) is 11.2. The number of rotatable bonds is 3. The molecule has 0 radical (unpaired) electrons. The largest absolute Gasteiger partial charge is 0.192 e. The van der Waals surface area contributed by atoms with Crippen LogP contribution in [0.25, 0.3) is 73.7 Å². The summed E-state index contributed by atoms with van der Waals surface area (Å²) >= 11 is 3.59. The second-order valence-corrected chi connectivity index (χ2v) is 12.5. The van der Waals surface area contributed by atoms with Gasteiger partial charge < -0.3 is 0 Å². The van der Waals surface area contributed by atoms with E-state index in [1.165, 1.54) is 40.3 Å². The van der Waals surface area contributed by atoms with E-state index in [4.69, 9.17) is 0 Å². The van der Waals surface area contributed by atoms with Crippen LogP contribution in [0.3, 0.4) is 0 Å². The lowest BCUT2D eigenvalue weighted by atomic mass is 9.86. The maximum atomic E-state index is 10.5. The van der Waals surface area contributed by atoms with Crippen LogP contribution < -0.4 is 0 Å². The van der Waals surface area contributed by atoms with Crippen LogP contribution in [0.5, 0.6) is 0 Å². The molecule has 0 aliphatic carbocycles. The molecule has 0 aliphatic heterocycles. The first-order valence-corrected chi connectivity index (χ1v) is 15.3. The van der Waals surface area contributed by atoms with Gasteiger partial charge in [-0.3, -0.25) is 0 Å². The Balaban J connectivity index is 1.39. The average Bonchev–Trinajstić information content (AvgIpc) is 3.61. The normalized spacial score (nSPS) is 11.3. The molecule has 42 heavy (non-hydrogen) atoms. The molecular weight excluding hydrogens is 549 g/mol. The van der Waals surface area contributed by atoms with Gasteiger partial charge in [-0.25, -0.2) is 0 Å². The lowest BCUT2D eigenvalue weighted by Crippen LogP contribution is -1.93. The Morgan fingerprint density at radius 3 is 1.60 bits per heavy atom. The second kappa shape index (κ2) is 9.68. The molecule has 194 valence electrons. The van der Waals surface area contributed by atoms with Gasteiger partial charge in [0.15, 0.2) is 0 Å². The summed E-state index contributed by atoms with van der Waals surface area (Å²) in [5.74, 6) is 0. The highest BCUT2D eigenvalue weighted by molar-refractivity contribution is 7.26. The van der Waals surface area contributed by atoms with Crippen molar-refractivity contribution in [3.05, 3.63) is 132 Å². The van der Waals surface area contributed by atoms with E-state index in [0.717, 1.165) is 33.4 Å². The molecule has 2 aromatic heterocycles. The van der Waals surface area contributed by atoms with Gasteiger partial charge in [0.2, 0.25) is 0 Å². The van der Waals surface area contributed by atoms with Crippen molar-refractivity contribution in [1.82, 2.24) is 0 Å². The van der Waals surface area contributed by atoms with Crippen molar-refractivity contribution in [2.45, 2.75) is 0 Å². The van der Waals surface area contributed by atoms with Crippen molar-refractivity contribution in [2.24, 2.45) is 0 Å². The maximum Gasteiger partial charge on any atom is 0.0998 e. The van der Waals surface area contributed by atoms with Crippen molar-refractivity contribution in [3.8, 4) is 45.5 Å². The van der Waals surface area contributed by atoms with E-state index >= 15 is 0 Å². The molecule has 0 bridgehead atoms. The second-order valence-electron chi connectivity index (χ2n) is 10.4. The van der Waals surface area contributed by atoms with Crippen LogP contribution in [0.4, 0.5) is 0 Å². The van der Waals surface area contributed by atoms with Gasteiger partial charge in [-0.15, -0.1) is 22.7 Å². The lowest BCUT2D eigenvalue weighted by molar-refractivity contribution is 1.46. The Hall–Kier alpha value is -5.26. The number of nitrogens with zero attached hydrogens (tertiary/aromatic N) is 2. The quantitative estimate of drug-likeness (QED) is 0.213. The standard InChI is InChI=1S/C38H20N2S2/c39-21-23-9-11-24(12-10-23)31-20-27(25-13-15-36-32(18-25)29-5-1-3-7-34(29)41-36)17-28(22-40)38(31)26-14-16-37-33(19-26)30-6-2-4-8-35(30)42-37/h1-20H. The molecule has 8 aromatic rings. The highest BCUT2D eigenvalue weighted by Gasteiger charge is 2.18. The van der Waals surface area contributed by atoms with E-state index < -0.39 is 0 Å². The number of nitriles is 2. The molecular formula is C38H20N2S2. The van der Waals surface area contributed by atoms with Crippen LogP contribution in [0.15, 0.2) is 121 Å². The first kappa shape index (κ1) is 24.5. The van der Waals surface area contributed by atoms with Gasteiger partial charge in [-0.2, -0.15) is 10.5 Å². The summed E-state index contributed by atoms with van der Waals surface area (Å²) in [5.41, 5.74) is 7.16. The van der Waals surface area contributed by atoms with Crippen LogP contribution in [0.2, 0.25) is 0 Å². The van der Waals surface area contributed by atoms with Gasteiger partial charge in [0.25, 0.3) is 0 Å². The molecule has 0 aliphatic rings. The van der Waals surface area contributed by atoms with Crippen molar-refractivity contribution in [1.29, 1.82) is 10.5 Å². The van der Waals surface area contributed by atoms with Crippen LogP contribution in [-0.4, -0.2) is 0 Å². The number of thiophene rings is 2. The lowest BCUT2D eigenvalue weighted by Gasteiger charge is -2.16. The summed E-state index contributed by atoms with van der Waals surface area (Å²) in [4.78, 5) is 0. The fraction of sp³-hybridized carbons (Fsp3) is 0. The molecule has 2 heterocycles. The third-order valence-electron chi connectivity index (χ3n) is 7.96. The number of benzene rings is 6. The molecule has 0 N–H and O–H groups in total. The van der Waals surface area contributed by atoms with Gasteiger partial charge in [-0.1, -0.05) is 60.7 Å². The summed E-state index contributed by atoms with van der Waals surface area (Å²) in [6.45, 7) is 0. The summed E-state index contributed by atoms with van der Waals surface area (Å²) in [7, 11) is 0. The molecule has 4 heteroatoms. The molecule has 0 atom stereocenters. The molecule has 0 saturated carbocycles. The zero-order valence-corrected chi connectivity index (χ0v) is 23.9. The molecule has 0 unspecified atom stereocenters. The minimum Gasteiger partial charge on any atom is -0.192 e. The predicted molar refractivity (Wildman–Crippen MR) is 178 cm³/mol. The molecule has 8 rings (SSSR count). The fourth-order valence-electron chi connectivity index (χ4n) is 5.95. The summed E-state index contributed by atoms with van der Waals surface area (Å²) < 4.78 is 5.00. The van der Waals surface area contributed by atoms with Crippen LogP contribution in [0.1, 0.15) is 11.1 Å². The summed E-state index contributed by atoms with van der Waals surface area (Å²) in [6.07, 6.45) is 0. The van der Waals surface area contributed by atoms with Crippen LogP contribution in [0, 0.1) is 22.7 Å². The van der Waals surface area contributed by atoms with E-state index in [1.807, 2.05) is 30.3 Å². The van der Waals surface area contributed by atoms with Gasteiger partial charge in [0, 0.05) is 45.9 Å². The minimum absolute atomic E-state index is 0.609. The zero-order chi connectivity index (χ0) is 28.2. The number of hydrogen-bond acceptors (Lipinski definition) is 4. The topological polar surface area (TPSA) is 47.6 Å². The van der Waals surface area contributed by atoms with Gasteiger partial charge in [0.1, 0.15) is 0 Å².